The third kappa shape index (κ3) is 5.30. The number of halogens is 1. The van der Waals surface area contributed by atoms with E-state index in [0.29, 0.717) is 39.1 Å². The van der Waals surface area contributed by atoms with Crippen molar-refractivity contribution in [3.8, 4) is 5.75 Å². The van der Waals surface area contributed by atoms with Crippen LogP contribution in [-0.2, 0) is 11.4 Å². The second kappa shape index (κ2) is 10.2. The standard InChI is InChI=1S/C24H20ClN3O2S2/c1-3-12-28-22(29)21(32-24(28)27-23-26-16(2)15-31-23)13-18-6-4-5-7-20(18)30-14-17-8-10-19(25)11-9-17/h3-11,13,15H,1,12,14H2,2H3/b21-13-,27-24+. The van der Waals surface area contributed by atoms with Crippen LogP contribution in [0, 0.1) is 6.92 Å². The first-order valence-electron chi connectivity index (χ1n) is 9.83. The average molecular weight is 482 g/mol. The molecule has 2 aromatic carbocycles. The van der Waals surface area contributed by atoms with Gasteiger partial charge in [-0.15, -0.1) is 17.9 Å². The SMILES string of the molecule is C=CCN1C(=O)/C(=C/c2ccccc2OCc2ccc(Cl)cc2)S/C1=N/c1nc(C)cs1. The molecular formula is C24H20ClN3O2S2. The molecule has 0 saturated carbocycles. The third-order valence-corrected chi connectivity index (χ3v) is 6.62. The number of hydrogen-bond donors (Lipinski definition) is 0. The number of amides is 1. The monoisotopic (exact) mass is 481 g/mol. The molecule has 0 atom stereocenters. The number of nitrogens with zero attached hydrogens (tertiary/aromatic N) is 3. The van der Waals surface area contributed by atoms with Crippen molar-refractivity contribution in [2.24, 2.45) is 4.99 Å². The summed E-state index contributed by atoms with van der Waals surface area (Å²) in [4.78, 5) is 24.2. The van der Waals surface area contributed by atoms with E-state index >= 15 is 0 Å². The van der Waals surface area contributed by atoms with E-state index in [1.165, 1.54) is 23.1 Å². The number of thiazole rings is 1. The van der Waals surface area contributed by atoms with Gasteiger partial charge >= 0.3 is 0 Å². The van der Waals surface area contributed by atoms with Gasteiger partial charge in [0.2, 0.25) is 5.13 Å². The molecule has 1 aromatic heterocycles. The molecule has 0 radical (unpaired) electrons. The molecule has 2 heterocycles. The maximum atomic E-state index is 13.1. The predicted octanol–water partition coefficient (Wildman–Crippen LogP) is 6.47. The average Bonchev–Trinajstić information content (AvgIpc) is 3.32. The van der Waals surface area contributed by atoms with Crippen LogP contribution >= 0.6 is 34.7 Å². The highest BCUT2D eigenvalue weighted by molar-refractivity contribution is 8.18. The normalized spacial score (nSPS) is 16.2. The Balaban J connectivity index is 1.59. The first-order valence-corrected chi connectivity index (χ1v) is 11.9. The van der Waals surface area contributed by atoms with E-state index in [4.69, 9.17) is 16.3 Å². The molecular weight excluding hydrogens is 462 g/mol. The van der Waals surface area contributed by atoms with Crippen LogP contribution < -0.4 is 4.74 Å². The molecule has 8 heteroatoms. The predicted molar refractivity (Wildman–Crippen MR) is 134 cm³/mol. The lowest BCUT2D eigenvalue weighted by molar-refractivity contribution is -0.121. The topological polar surface area (TPSA) is 54.8 Å². The number of amidine groups is 1. The minimum atomic E-state index is -0.116. The van der Waals surface area contributed by atoms with Gasteiger partial charge in [0, 0.05) is 22.5 Å². The molecule has 0 N–H and O–H groups in total. The van der Waals surface area contributed by atoms with Crippen LogP contribution in [0.2, 0.25) is 5.02 Å². The molecule has 0 unspecified atom stereocenters. The Morgan fingerprint density at radius 1 is 1.22 bits per heavy atom. The van der Waals surface area contributed by atoms with Gasteiger partial charge in [-0.3, -0.25) is 9.69 Å². The molecule has 0 spiro atoms. The summed E-state index contributed by atoms with van der Waals surface area (Å²) in [5.74, 6) is 0.578. The number of aromatic nitrogens is 1. The Morgan fingerprint density at radius 2 is 2.00 bits per heavy atom. The molecule has 0 bridgehead atoms. The molecule has 162 valence electrons. The van der Waals surface area contributed by atoms with Crippen molar-refractivity contribution in [1.82, 2.24) is 9.88 Å². The Hall–Kier alpha value is -2.87. The van der Waals surface area contributed by atoms with Crippen LogP contribution in [-0.4, -0.2) is 27.5 Å². The smallest absolute Gasteiger partial charge is 0.267 e. The second-order valence-corrected chi connectivity index (χ2v) is 9.22. The molecule has 1 saturated heterocycles. The zero-order valence-electron chi connectivity index (χ0n) is 17.3. The minimum Gasteiger partial charge on any atom is -0.488 e. The molecule has 1 amide bonds. The van der Waals surface area contributed by atoms with Crippen LogP contribution in [0.3, 0.4) is 0 Å². The summed E-state index contributed by atoms with van der Waals surface area (Å²) >= 11 is 8.73. The highest BCUT2D eigenvalue weighted by Gasteiger charge is 2.33. The van der Waals surface area contributed by atoms with Crippen LogP contribution in [0.1, 0.15) is 16.8 Å². The highest BCUT2D eigenvalue weighted by atomic mass is 35.5. The number of para-hydroxylation sites is 1. The van der Waals surface area contributed by atoms with Crippen molar-refractivity contribution >= 4 is 57.0 Å². The van der Waals surface area contributed by atoms with Gasteiger partial charge in [0.1, 0.15) is 12.4 Å². The van der Waals surface area contributed by atoms with Gasteiger partial charge in [0.25, 0.3) is 5.91 Å². The van der Waals surface area contributed by atoms with Crippen molar-refractivity contribution in [3.05, 3.63) is 93.3 Å². The van der Waals surface area contributed by atoms with Crippen LogP contribution in [0.5, 0.6) is 5.75 Å². The van der Waals surface area contributed by atoms with E-state index in [0.717, 1.165) is 16.8 Å². The number of thioether (sulfide) groups is 1. The number of benzene rings is 2. The summed E-state index contributed by atoms with van der Waals surface area (Å²) in [6.07, 6.45) is 3.53. The number of carbonyl (C=O) groups excluding carboxylic acids is 1. The molecule has 4 rings (SSSR count). The lowest BCUT2D eigenvalue weighted by Crippen LogP contribution is -2.29. The molecule has 1 fully saturated rings. The van der Waals surface area contributed by atoms with E-state index in [9.17, 15) is 4.79 Å². The van der Waals surface area contributed by atoms with Crippen molar-refractivity contribution in [2.45, 2.75) is 13.5 Å². The van der Waals surface area contributed by atoms with Crippen molar-refractivity contribution in [1.29, 1.82) is 0 Å². The number of rotatable bonds is 7. The van der Waals surface area contributed by atoms with Gasteiger partial charge in [0.15, 0.2) is 5.17 Å². The number of aryl methyl sites for hydroxylation is 1. The first-order chi connectivity index (χ1) is 15.5. The zero-order chi connectivity index (χ0) is 22.5. The van der Waals surface area contributed by atoms with Gasteiger partial charge in [-0.1, -0.05) is 48.0 Å². The highest BCUT2D eigenvalue weighted by Crippen LogP contribution is 2.36. The maximum Gasteiger partial charge on any atom is 0.267 e. The quantitative estimate of drug-likeness (QED) is 0.286. The zero-order valence-corrected chi connectivity index (χ0v) is 19.7. The van der Waals surface area contributed by atoms with Crippen molar-refractivity contribution in [3.63, 3.8) is 0 Å². The minimum absolute atomic E-state index is 0.116. The van der Waals surface area contributed by atoms with Crippen LogP contribution in [0.25, 0.3) is 6.08 Å². The summed E-state index contributed by atoms with van der Waals surface area (Å²) in [5, 5.41) is 3.84. The Bertz CT molecular complexity index is 1200. The number of hydrogen-bond acceptors (Lipinski definition) is 6. The second-order valence-electron chi connectivity index (χ2n) is 6.93. The molecule has 1 aliphatic rings. The summed E-state index contributed by atoms with van der Waals surface area (Å²) in [7, 11) is 0. The number of ether oxygens (including phenoxy) is 1. The Labute approximate surface area is 200 Å². The van der Waals surface area contributed by atoms with Crippen LogP contribution in [0.4, 0.5) is 5.13 Å². The Morgan fingerprint density at radius 3 is 2.72 bits per heavy atom. The summed E-state index contributed by atoms with van der Waals surface area (Å²) in [6, 6.07) is 15.2. The fourth-order valence-electron chi connectivity index (χ4n) is 2.97. The molecule has 3 aromatic rings. The van der Waals surface area contributed by atoms with E-state index in [1.54, 1.807) is 11.0 Å². The number of carbonyl (C=O) groups is 1. The van der Waals surface area contributed by atoms with E-state index in [1.807, 2.05) is 66.9 Å². The Kier molecular flexibility index (Phi) is 7.09. The van der Waals surface area contributed by atoms with Gasteiger partial charge in [-0.2, -0.15) is 4.99 Å². The molecule has 32 heavy (non-hydrogen) atoms. The molecule has 1 aliphatic heterocycles. The van der Waals surface area contributed by atoms with Gasteiger partial charge in [0.05, 0.1) is 10.6 Å². The summed E-state index contributed by atoms with van der Waals surface area (Å²) < 4.78 is 6.03. The fraction of sp³-hybridized carbons (Fsp3) is 0.125. The lowest BCUT2D eigenvalue weighted by Gasteiger charge is -2.12. The third-order valence-electron chi connectivity index (χ3n) is 4.51. The van der Waals surface area contributed by atoms with E-state index < -0.39 is 0 Å². The van der Waals surface area contributed by atoms with Crippen LogP contribution in [0.15, 0.2) is 76.5 Å². The van der Waals surface area contributed by atoms with E-state index in [-0.39, 0.29) is 5.91 Å². The fourth-order valence-corrected chi connectivity index (χ4v) is 4.80. The van der Waals surface area contributed by atoms with Gasteiger partial charge in [-0.05, 0) is 48.5 Å². The molecule has 5 nitrogen and oxygen atoms in total. The molecule has 0 aliphatic carbocycles. The van der Waals surface area contributed by atoms with Gasteiger partial charge < -0.3 is 4.74 Å². The summed E-state index contributed by atoms with van der Waals surface area (Å²) in [5.41, 5.74) is 2.73. The summed E-state index contributed by atoms with van der Waals surface area (Å²) in [6.45, 7) is 6.46. The number of aliphatic imine (C=N–C) groups is 1. The maximum absolute atomic E-state index is 13.1. The van der Waals surface area contributed by atoms with Crippen molar-refractivity contribution in [2.75, 3.05) is 6.54 Å². The van der Waals surface area contributed by atoms with Gasteiger partial charge in [-0.25, -0.2) is 4.98 Å². The van der Waals surface area contributed by atoms with Crippen molar-refractivity contribution < 1.29 is 9.53 Å². The lowest BCUT2D eigenvalue weighted by atomic mass is 10.1. The first kappa shape index (κ1) is 22.3. The largest absolute Gasteiger partial charge is 0.488 e. The van der Waals surface area contributed by atoms with E-state index in [2.05, 4.69) is 16.6 Å².